The average molecular weight is 372 g/mol. The first kappa shape index (κ1) is 18.2. The Morgan fingerprint density at radius 1 is 0.857 bits per heavy atom. The molecule has 1 fully saturated rings. The summed E-state index contributed by atoms with van der Waals surface area (Å²) in [5.41, 5.74) is 2.74. The Balaban J connectivity index is 1.58. The summed E-state index contributed by atoms with van der Waals surface area (Å²) in [5, 5.41) is 0. The maximum Gasteiger partial charge on any atom is 0.256 e. The fourth-order valence-corrected chi connectivity index (χ4v) is 3.50. The van der Waals surface area contributed by atoms with Crippen LogP contribution in [0.2, 0.25) is 0 Å². The van der Waals surface area contributed by atoms with Crippen molar-refractivity contribution in [3.8, 4) is 0 Å². The Hall–Kier alpha value is -3.21. The van der Waals surface area contributed by atoms with Crippen molar-refractivity contribution in [2.24, 2.45) is 0 Å². The summed E-state index contributed by atoms with van der Waals surface area (Å²) in [4.78, 5) is 25.7. The molecule has 0 spiro atoms. The number of nitrogens with zero attached hydrogens (tertiary/aromatic N) is 4. The Labute approximate surface area is 165 Å². The van der Waals surface area contributed by atoms with Gasteiger partial charge in [0.05, 0.1) is 12.1 Å². The van der Waals surface area contributed by atoms with E-state index in [4.69, 9.17) is 0 Å². The smallest absolute Gasteiger partial charge is 0.256 e. The van der Waals surface area contributed by atoms with Gasteiger partial charge in [-0.15, -0.1) is 0 Å². The highest BCUT2D eigenvalue weighted by Gasteiger charge is 2.20. The van der Waals surface area contributed by atoms with Crippen LogP contribution in [0, 0.1) is 0 Å². The number of anilines is 2. The van der Waals surface area contributed by atoms with Gasteiger partial charge in [-0.3, -0.25) is 4.79 Å². The monoisotopic (exact) mass is 372 g/mol. The number of carbonyl (C=O) groups excluding carboxylic acids is 1. The number of carbonyl (C=O) groups is 1. The molecule has 0 radical (unpaired) electrons. The van der Waals surface area contributed by atoms with E-state index >= 15 is 0 Å². The molecule has 1 aliphatic heterocycles. The molecule has 1 amide bonds. The van der Waals surface area contributed by atoms with Gasteiger partial charge < -0.3 is 9.80 Å². The lowest BCUT2D eigenvalue weighted by molar-refractivity contribution is 0.0723. The maximum atomic E-state index is 12.7. The third-order valence-corrected chi connectivity index (χ3v) is 5.02. The van der Waals surface area contributed by atoms with E-state index in [1.807, 2.05) is 53.4 Å². The molecular formula is C23H24N4O. The van der Waals surface area contributed by atoms with Gasteiger partial charge in [0.25, 0.3) is 5.91 Å². The van der Waals surface area contributed by atoms with Crippen LogP contribution in [0.1, 0.15) is 35.2 Å². The van der Waals surface area contributed by atoms with Crippen molar-refractivity contribution >= 4 is 17.5 Å². The number of aromatic nitrogens is 2. The van der Waals surface area contributed by atoms with E-state index in [1.165, 1.54) is 12.0 Å². The Morgan fingerprint density at radius 3 is 2.11 bits per heavy atom. The highest BCUT2D eigenvalue weighted by Crippen LogP contribution is 2.24. The number of benzene rings is 2. The van der Waals surface area contributed by atoms with E-state index in [1.54, 1.807) is 12.4 Å². The summed E-state index contributed by atoms with van der Waals surface area (Å²) in [5.74, 6) is 0.616. The molecule has 0 bridgehead atoms. The lowest BCUT2D eigenvalue weighted by atomic mass is 10.1. The van der Waals surface area contributed by atoms with Gasteiger partial charge in [0, 0.05) is 31.2 Å². The molecule has 2 heterocycles. The zero-order valence-electron chi connectivity index (χ0n) is 15.9. The van der Waals surface area contributed by atoms with Crippen LogP contribution < -0.4 is 4.90 Å². The van der Waals surface area contributed by atoms with E-state index in [0.717, 1.165) is 31.6 Å². The van der Waals surface area contributed by atoms with Gasteiger partial charge in [-0.2, -0.15) is 0 Å². The first-order chi connectivity index (χ1) is 13.8. The van der Waals surface area contributed by atoms with Crippen LogP contribution in [0.4, 0.5) is 11.6 Å². The number of hydrogen-bond donors (Lipinski definition) is 0. The van der Waals surface area contributed by atoms with Crippen molar-refractivity contribution in [3.63, 3.8) is 0 Å². The summed E-state index contributed by atoms with van der Waals surface area (Å²) in [7, 11) is 0. The minimum absolute atomic E-state index is 0.0283. The fourth-order valence-electron chi connectivity index (χ4n) is 3.50. The summed E-state index contributed by atoms with van der Waals surface area (Å²) in [6.45, 7) is 2.31. The van der Waals surface area contributed by atoms with Gasteiger partial charge in [-0.05, 0) is 37.0 Å². The van der Waals surface area contributed by atoms with Crippen LogP contribution >= 0.6 is 0 Å². The van der Waals surface area contributed by atoms with Crippen LogP contribution in [0.5, 0.6) is 0 Å². The summed E-state index contributed by atoms with van der Waals surface area (Å²) in [6, 6.07) is 20.3. The predicted octanol–water partition coefficient (Wildman–Crippen LogP) is 4.44. The molecule has 0 unspecified atom stereocenters. The number of amides is 1. The predicted molar refractivity (Wildman–Crippen MR) is 111 cm³/mol. The highest BCUT2D eigenvalue weighted by molar-refractivity contribution is 5.93. The van der Waals surface area contributed by atoms with E-state index in [-0.39, 0.29) is 5.91 Å². The molecule has 5 nitrogen and oxygen atoms in total. The van der Waals surface area contributed by atoms with E-state index < -0.39 is 0 Å². The van der Waals surface area contributed by atoms with Crippen molar-refractivity contribution in [2.45, 2.75) is 25.8 Å². The normalized spacial score (nSPS) is 13.9. The standard InChI is InChI=1S/C23H24N4O/c28-22(26-14-8-3-9-15-26)20-16-24-23(25-17-20)27(21-12-6-2-7-13-21)18-19-10-4-1-5-11-19/h1-2,4-7,10-13,16-17H,3,8-9,14-15,18H2. The number of rotatable bonds is 5. The average Bonchev–Trinajstić information content (AvgIpc) is 2.79. The molecular weight excluding hydrogens is 348 g/mol. The molecule has 28 heavy (non-hydrogen) atoms. The van der Waals surface area contributed by atoms with Crippen LogP contribution in [-0.2, 0) is 6.54 Å². The molecule has 3 aromatic rings. The SMILES string of the molecule is O=C(c1cnc(N(Cc2ccccc2)c2ccccc2)nc1)N1CCCCC1. The molecule has 1 saturated heterocycles. The molecule has 0 saturated carbocycles. The minimum Gasteiger partial charge on any atom is -0.339 e. The second-order valence-corrected chi connectivity index (χ2v) is 7.03. The maximum absolute atomic E-state index is 12.7. The molecule has 0 N–H and O–H groups in total. The van der Waals surface area contributed by atoms with E-state index in [2.05, 4.69) is 27.0 Å². The Bertz CT molecular complexity index is 891. The van der Waals surface area contributed by atoms with Crippen LogP contribution in [0.25, 0.3) is 0 Å². The third kappa shape index (κ3) is 4.19. The fraction of sp³-hybridized carbons (Fsp3) is 0.261. The first-order valence-corrected chi connectivity index (χ1v) is 9.79. The molecule has 5 heteroatoms. The molecule has 142 valence electrons. The zero-order valence-corrected chi connectivity index (χ0v) is 15.9. The molecule has 4 rings (SSSR count). The van der Waals surface area contributed by atoms with Crippen molar-refractivity contribution in [1.29, 1.82) is 0 Å². The largest absolute Gasteiger partial charge is 0.339 e. The van der Waals surface area contributed by atoms with Crippen LogP contribution in [0.15, 0.2) is 73.1 Å². The number of para-hydroxylation sites is 1. The van der Waals surface area contributed by atoms with Crippen molar-refractivity contribution in [1.82, 2.24) is 14.9 Å². The van der Waals surface area contributed by atoms with Gasteiger partial charge in [0.1, 0.15) is 0 Å². The van der Waals surface area contributed by atoms with Gasteiger partial charge in [0.2, 0.25) is 5.95 Å². The van der Waals surface area contributed by atoms with Crippen molar-refractivity contribution in [3.05, 3.63) is 84.2 Å². The van der Waals surface area contributed by atoms with Gasteiger partial charge in [-0.25, -0.2) is 9.97 Å². The second-order valence-electron chi connectivity index (χ2n) is 7.03. The Kier molecular flexibility index (Phi) is 5.61. The second kappa shape index (κ2) is 8.65. The van der Waals surface area contributed by atoms with Gasteiger partial charge >= 0.3 is 0 Å². The topological polar surface area (TPSA) is 49.3 Å². The third-order valence-electron chi connectivity index (χ3n) is 5.02. The van der Waals surface area contributed by atoms with Gasteiger partial charge in [0.15, 0.2) is 0 Å². The van der Waals surface area contributed by atoms with Crippen molar-refractivity contribution < 1.29 is 4.79 Å². The molecule has 0 aliphatic carbocycles. The summed E-state index contributed by atoms with van der Waals surface area (Å²) >= 11 is 0. The highest BCUT2D eigenvalue weighted by atomic mass is 16.2. The number of piperidine rings is 1. The Morgan fingerprint density at radius 2 is 1.46 bits per heavy atom. The number of likely N-dealkylation sites (tertiary alicyclic amines) is 1. The van der Waals surface area contributed by atoms with Crippen LogP contribution in [-0.4, -0.2) is 33.9 Å². The quantitative estimate of drug-likeness (QED) is 0.664. The van der Waals surface area contributed by atoms with Gasteiger partial charge in [-0.1, -0.05) is 48.5 Å². The van der Waals surface area contributed by atoms with E-state index in [9.17, 15) is 4.79 Å². The van der Waals surface area contributed by atoms with E-state index in [0.29, 0.717) is 18.1 Å². The number of hydrogen-bond acceptors (Lipinski definition) is 4. The molecule has 0 atom stereocenters. The van der Waals surface area contributed by atoms with Crippen molar-refractivity contribution in [2.75, 3.05) is 18.0 Å². The zero-order chi connectivity index (χ0) is 19.2. The molecule has 2 aromatic carbocycles. The molecule has 1 aliphatic rings. The molecule has 1 aromatic heterocycles. The lowest BCUT2D eigenvalue weighted by Gasteiger charge is -2.27. The first-order valence-electron chi connectivity index (χ1n) is 9.79. The summed E-state index contributed by atoms with van der Waals surface area (Å²) < 4.78 is 0. The minimum atomic E-state index is 0.0283. The lowest BCUT2D eigenvalue weighted by Crippen LogP contribution is -2.35. The van der Waals surface area contributed by atoms with Crippen LogP contribution in [0.3, 0.4) is 0 Å². The summed E-state index contributed by atoms with van der Waals surface area (Å²) in [6.07, 6.45) is 6.65.